The predicted molar refractivity (Wildman–Crippen MR) is 153 cm³/mol. The molecule has 2 aliphatic rings. The van der Waals surface area contributed by atoms with Gasteiger partial charge in [-0.25, -0.2) is 9.59 Å². The summed E-state index contributed by atoms with van der Waals surface area (Å²) in [5, 5.41) is 6.71. The molecule has 2 aromatic rings. The number of aromatic nitrogens is 1. The third kappa shape index (κ3) is 8.47. The smallest absolute Gasteiger partial charge is 0.410 e. The van der Waals surface area contributed by atoms with Crippen LogP contribution < -0.4 is 15.4 Å². The second-order valence-electron chi connectivity index (χ2n) is 11.4. The first-order valence-corrected chi connectivity index (χ1v) is 14.0. The van der Waals surface area contributed by atoms with Gasteiger partial charge in [0.25, 0.3) is 0 Å². The van der Waals surface area contributed by atoms with Crippen LogP contribution in [0.4, 0.5) is 15.3 Å². The van der Waals surface area contributed by atoms with E-state index in [0.717, 1.165) is 44.6 Å². The summed E-state index contributed by atoms with van der Waals surface area (Å²) in [6, 6.07) is 10.6. The lowest BCUT2D eigenvalue weighted by molar-refractivity contribution is 0.0163. The molecule has 0 unspecified atom stereocenters. The van der Waals surface area contributed by atoms with Gasteiger partial charge in [0.2, 0.25) is 0 Å². The van der Waals surface area contributed by atoms with Crippen molar-refractivity contribution < 1.29 is 19.1 Å². The maximum Gasteiger partial charge on any atom is 0.410 e. The average Bonchev–Trinajstić information content (AvgIpc) is 2.90. The van der Waals surface area contributed by atoms with Crippen molar-refractivity contribution in [3.8, 4) is 5.75 Å². The highest BCUT2D eigenvalue weighted by Gasteiger charge is 2.34. The van der Waals surface area contributed by atoms with Crippen molar-refractivity contribution in [2.45, 2.75) is 57.6 Å². The van der Waals surface area contributed by atoms with Crippen LogP contribution in [0.15, 0.2) is 42.6 Å². The number of methoxy groups -OCH3 is 1. The van der Waals surface area contributed by atoms with E-state index in [1.54, 1.807) is 37.6 Å². The number of pyridine rings is 1. The fourth-order valence-electron chi connectivity index (χ4n) is 5.25. The Morgan fingerprint density at radius 1 is 1.05 bits per heavy atom. The summed E-state index contributed by atoms with van der Waals surface area (Å²) in [5.41, 5.74) is 1.13. The molecule has 3 amide bonds. The third-order valence-corrected chi connectivity index (χ3v) is 7.52. The average molecular weight is 558 g/mol. The molecule has 212 valence electrons. The van der Waals surface area contributed by atoms with Crippen molar-refractivity contribution in [3.63, 3.8) is 0 Å². The molecule has 9 nitrogen and oxygen atoms in total. The SMILES string of the molecule is COc1ccc([C@@H]2CN(CC3CCN(C(=O)OC(C)(C)C)CC3)CC[C@H]2NC(=O)Nc2ccc(Cl)cc2)nc1. The zero-order valence-electron chi connectivity index (χ0n) is 23.3. The molecular formula is C29H40ClN5O4. The Hall–Kier alpha value is -3.04. The largest absolute Gasteiger partial charge is 0.495 e. The topological polar surface area (TPSA) is 96.0 Å². The molecule has 0 spiro atoms. The van der Waals surface area contributed by atoms with Gasteiger partial charge in [0.1, 0.15) is 11.4 Å². The quantitative estimate of drug-likeness (QED) is 0.496. The van der Waals surface area contributed by atoms with E-state index < -0.39 is 5.60 Å². The fourth-order valence-corrected chi connectivity index (χ4v) is 5.37. The summed E-state index contributed by atoms with van der Waals surface area (Å²) in [4.78, 5) is 34.3. The molecule has 0 saturated carbocycles. The number of carbonyl (C=O) groups excluding carboxylic acids is 2. The minimum absolute atomic E-state index is 0.0301. The molecular weight excluding hydrogens is 518 g/mol. The van der Waals surface area contributed by atoms with E-state index in [4.69, 9.17) is 21.1 Å². The zero-order valence-corrected chi connectivity index (χ0v) is 24.0. The summed E-state index contributed by atoms with van der Waals surface area (Å²) in [6.07, 6.45) is 4.21. The Balaban J connectivity index is 1.36. The molecule has 4 rings (SSSR count). The summed E-state index contributed by atoms with van der Waals surface area (Å²) < 4.78 is 10.8. The first kappa shape index (κ1) is 29.0. The Bertz CT molecular complexity index is 1100. The molecule has 1 aromatic carbocycles. The van der Waals surface area contributed by atoms with Gasteiger partial charge in [-0.3, -0.25) is 4.98 Å². The molecule has 0 radical (unpaired) electrons. The minimum atomic E-state index is -0.484. The van der Waals surface area contributed by atoms with Crippen LogP contribution in [-0.2, 0) is 4.74 Å². The summed E-state index contributed by atoms with van der Waals surface area (Å²) >= 11 is 5.97. The molecule has 10 heteroatoms. The van der Waals surface area contributed by atoms with E-state index in [-0.39, 0.29) is 24.1 Å². The molecule has 2 N–H and O–H groups in total. The van der Waals surface area contributed by atoms with Crippen LogP contribution >= 0.6 is 11.6 Å². The summed E-state index contributed by atoms with van der Waals surface area (Å²) in [6.45, 7) is 9.74. The molecule has 3 heterocycles. The molecule has 2 atom stereocenters. The first-order chi connectivity index (χ1) is 18.6. The number of halogens is 1. The number of nitrogens with one attached hydrogen (secondary N) is 2. The number of anilines is 1. The predicted octanol–water partition coefficient (Wildman–Crippen LogP) is 5.37. The van der Waals surface area contributed by atoms with Gasteiger partial charge in [-0.05, 0) is 82.3 Å². The molecule has 2 fully saturated rings. The van der Waals surface area contributed by atoms with Crippen LogP contribution in [-0.4, -0.2) is 78.4 Å². The zero-order chi connectivity index (χ0) is 28.0. The Morgan fingerprint density at radius 2 is 1.77 bits per heavy atom. The van der Waals surface area contributed by atoms with Crippen LogP contribution in [0.3, 0.4) is 0 Å². The van der Waals surface area contributed by atoms with E-state index in [2.05, 4.69) is 20.5 Å². The van der Waals surface area contributed by atoms with Crippen LogP contribution in [0.25, 0.3) is 0 Å². The Morgan fingerprint density at radius 3 is 2.38 bits per heavy atom. The van der Waals surface area contributed by atoms with Crippen molar-refractivity contribution >= 4 is 29.4 Å². The highest BCUT2D eigenvalue weighted by atomic mass is 35.5. The number of piperidine rings is 2. The van der Waals surface area contributed by atoms with Crippen molar-refractivity contribution in [2.75, 3.05) is 45.2 Å². The number of urea groups is 1. The van der Waals surface area contributed by atoms with E-state index in [0.29, 0.717) is 35.5 Å². The molecule has 0 aliphatic carbocycles. The lowest BCUT2D eigenvalue weighted by Gasteiger charge is -2.41. The van der Waals surface area contributed by atoms with Crippen molar-refractivity contribution in [1.29, 1.82) is 0 Å². The number of carbonyl (C=O) groups is 2. The maximum atomic E-state index is 12.9. The normalized spacial score (nSPS) is 20.8. The molecule has 1 aromatic heterocycles. The van der Waals surface area contributed by atoms with Gasteiger partial charge in [0.15, 0.2) is 0 Å². The minimum Gasteiger partial charge on any atom is -0.495 e. The standard InChI is InChI=1S/C29H40ClN5O4/c1-29(2,3)39-28(37)35-15-11-20(12-16-35)18-34-14-13-26(24(19-34)25-10-9-23(38-4)17-31-25)33-27(36)32-22-7-5-21(30)6-8-22/h5-10,17,20,24,26H,11-16,18-19H2,1-4H3,(H2,32,33,36)/t24-,26+/m0/s1. The van der Waals surface area contributed by atoms with Crippen LogP contribution in [0, 0.1) is 5.92 Å². The molecule has 2 aliphatic heterocycles. The van der Waals surface area contributed by atoms with Gasteiger partial charge in [-0.15, -0.1) is 0 Å². The van der Waals surface area contributed by atoms with E-state index >= 15 is 0 Å². The van der Waals surface area contributed by atoms with E-state index in [9.17, 15) is 9.59 Å². The van der Waals surface area contributed by atoms with Gasteiger partial charge in [-0.1, -0.05) is 11.6 Å². The number of amides is 3. The van der Waals surface area contributed by atoms with E-state index in [1.165, 1.54) is 0 Å². The molecule has 39 heavy (non-hydrogen) atoms. The number of rotatable bonds is 6. The Kier molecular flexibility index (Phi) is 9.56. The fraction of sp³-hybridized carbons (Fsp3) is 0.552. The van der Waals surface area contributed by atoms with Crippen molar-refractivity contribution in [3.05, 3.63) is 53.3 Å². The highest BCUT2D eigenvalue weighted by molar-refractivity contribution is 6.30. The summed E-state index contributed by atoms with van der Waals surface area (Å²) in [5.74, 6) is 1.24. The third-order valence-electron chi connectivity index (χ3n) is 7.27. The lowest BCUT2D eigenvalue weighted by Crippen LogP contribution is -2.52. The van der Waals surface area contributed by atoms with Gasteiger partial charge >= 0.3 is 12.1 Å². The Labute approximate surface area is 236 Å². The monoisotopic (exact) mass is 557 g/mol. The van der Waals surface area contributed by atoms with Crippen LogP contribution in [0.1, 0.15) is 51.6 Å². The first-order valence-electron chi connectivity index (χ1n) is 13.6. The second kappa shape index (κ2) is 12.9. The van der Waals surface area contributed by atoms with Crippen LogP contribution in [0.5, 0.6) is 5.75 Å². The highest BCUT2D eigenvalue weighted by Crippen LogP contribution is 2.30. The lowest BCUT2D eigenvalue weighted by atomic mass is 9.87. The summed E-state index contributed by atoms with van der Waals surface area (Å²) in [7, 11) is 1.62. The number of hydrogen-bond donors (Lipinski definition) is 2. The van der Waals surface area contributed by atoms with Gasteiger partial charge in [0.05, 0.1) is 13.3 Å². The van der Waals surface area contributed by atoms with Crippen molar-refractivity contribution in [2.24, 2.45) is 5.92 Å². The van der Waals surface area contributed by atoms with E-state index in [1.807, 2.05) is 37.8 Å². The van der Waals surface area contributed by atoms with Gasteiger partial charge < -0.3 is 29.9 Å². The second-order valence-corrected chi connectivity index (χ2v) is 11.8. The molecule has 0 bridgehead atoms. The maximum absolute atomic E-state index is 12.9. The number of nitrogens with zero attached hydrogens (tertiary/aromatic N) is 3. The number of benzene rings is 1. The van der Waals surface area contributed by atoms with Gasteiger partial charge in [-0.2, -0.15) is 0 Å². The van der Waals surface area contributed by atoms with Crippen LogP contribution in [0.2, 0.25) is 5.02 Å². The molecule has 2 saturated heterocycles. The number of ether oxygens (including phenoxy) is 2. The van der Waals surface area contributed by atoms with Crippen molar-refractivity contribution in [1.82, 2.24) is 20.1 Å². The number of likely N-dealkylation sites (tertiary alicyclic amines) is 2. The van der Waals surface area contributed by atoms with Gasteiger partial charge in [0, 0.05) is 61.1 Å². The number of hydrogen-bond acceptors (Lipinski definition) is 6.